The van der Waals surface area contributed by atoms with Crippen molar-refractivity contribution in [2.45, 2.75) is 17.1 Å². The Balaban J connectivity index is 1.23. The summed E-state index contributed by atoms with van der Waals surface area (Å²) in [5, 5.41) is 11.6. The van der Waals surface area contributed by atoms with E-state index >= 15 is 0 Å². The molecule has 7 nitrogen and oxygen atoms in total. The van der Waals surface area contributed by atoms with Gasteiger partial charge in [-0.1, -0.05) is 77.3 Å². The summed E-state index contributed by atoms with van der Waals surface area (Å²) in [6.45, 7) is 1.80. The number of benzene rings is 4. The largest absolute Gasteiger partial charge is 0.321 e. The van der Waals surface area contributed by atoms with Gasteiger partial charge in [0.25, 0.3) is 11.8 Å². The van der Waals surface area contributed by atoms with Crippen molar-refractivity contribution in [3.8, 4) is 11.3 Å². The Morgan fingerprint density at radius 2 is 1.57 bits per heavy atom. The number of amides is 3. The molecule has 0 aliphatic carbocycles. The van der Waals surface area contributed by atoms with Gasteiger partial charge >= 0.3 is 0 Å². The number of hydrogen-bond acceptors (Lipinski definition) is 6. The van der Waals surface area contributed by atoms with E-state index in [1.807, 2.05) is 23.6 Å². The lowest BCUT2D eigenvalue weighted by atomic mass is 10.1. The van der Waals surface area contributed by atoms with Crippen molar-refractivity contribution in [1.29, 1.82) is 0 Å². The summed E-state index contributed by atoms with van der Waals surface area (Å²) in [6, 6.07) is 27.8. The fourth-order valence-corrected chi connectivity index (χ4v) is 6.40. The second-order valence-corrected chi connectivity index (χ2v) is 13.3. The second kappa shape index (κ2) is 15.4. The zero-order chi connectivity index (χ0) is 32.6. The van der Waals surface area contributed by atoms with E-state index in [2.05, 4.69) is 20.9 Å². The summed E-state index contributed by atoms with van der Waals surface area (Å²) in [6.07, 6.45) is 1.49. The maximum atomic E-state index is 13.4. The molecule has 1 heterocycles. The number of rotatable bonds is 10. The minimum atomic E-state index is -0.553. The molecule has 5 rings (SSSR count). The third kappa shape index (κ3) is 8.78. The summed E-state index contributed by atoms with van der Waals surface area (Å²) in [7, 11) is 0. The van der Waals surface area contributed by atoms with Crippen LogP contribution in [0.3, 0.4) is 0 Å². The van der Waals surface area contributed by atoms with Crippen molar-refractivity contribution >= 4 is 92.5 Å². The molecule has 1 aromatic heterocycles. The molecule has 0 aliphatic rings. The fourth-order valence-electron chi connectivity index (χ4n) is 4.12. The summed E-state index contributed by atoms with van der Waals surface area (Å²) in [5.74, 6) is -1.21. The van der Waals surface area contributed by atoms with Crippen molar-refractivity contribution in [3.63, 3.8) is 0 Å². The zero-order valence-corrected chi connectivity index (χ0v) is 28.0. The van der Waals surface area contributed by atoms with Gasteiger partial charge in [-0.3, -0.25) is 14.4 Å². The average molecular weight is 708 g/mol. The number of nitrogens with one attached hydrogen (secondary N) is 3. The first-order chi connectivity index (χ1) is 22.2. The van der Waals surface area contributed by atoms with Gasteiger partial charge in [0.05, 0.1) is 10.9 Å². The van der Waals surface area contributed by atoms with Crippen LogP contribution >= 0.6 is 57.9 Å². The van der Waals surface area contributed by atoms with Gasteiger partial charge in [0.1, 0.15) is 5.70 Å². The van der Waals surface area contributed by atoms with E-state index in [1.165, 1.54) is 29.2 Å². The van der Waals surface area contributed by atoms with Crippen molar-refractivity contribution in [3.05, 3.63) is 134 Å². The van der Waals surface area contributed by atoms with Gasteiger partial charge in [0, 0.05) is 42.2 Å². The van der Waals surface area contributed by atoms with Gasteiger partial charge in [0.2, 0.25) is 5.91 Å². The number of carbonyl (C=O) groups is 3. The predicted molar refractivity (Wildman–Crippen MR) is 190 cm³/mol. The van der Waals surface area contributed by atoms with Crippen LogP contribution in [0.15, 0.2) is 113 Å². The summed E-state index contributed by atoms with van der Waals surface area (Å²) >= 11 is 21.3. The molecule has 232 valence electrons. The number of carbonyl (C=O) groups excluding carboxylic acids is 3. The number of hydrogen-bond donors (Lipinski definition) is 3. The van der Waals surface area contributed by atoms with Crippen molar-refractivity contribution < 1.29 is 14.4 Å². The fraction of sp³-hybridized carbons (Fsp3) is 0.0588. The summed E-state index contributed by atoms with van der Waals surface area (Å²) in [4.78, 5) is 44.5. The standard InChI is InChI=1S/C34H25Cl3N4O3S2/c1-20(31(42)41-34-40-30(19-45-34)26-9-5-6-10-27(26)36)46-25-15-13-24(14-16-25)38-33(44)29(17-22-11-12-23(35)18-28(22)37)39-32(43)21-7-3-2-4-8-21/h2-20H,1H3,(H,38,44)(H,39,43)(H,40,41,42)/b29-17-. The topological polar surface area (TPSA) is 100 Å². The first-order valence-corrected chi connectivity index (χ1v) is 16.7. The molecule has 0 aliphatic heterocycles. The Hall–Kier alpha value is -4.12. The monoisotopic (exact) mass is 706 g/mol. The average Bonchev–Trinajstić information content (AvgIpc) is 3.51. The highest BCUT2D eigenvalue weighted by Crippen LogP contribution is 2.31. The third-order valence-electron chi connectivity index (χ3n) is 6.47. The molecule has 0 saturated carbocycles. The smallest absolute Gasteiger partial charge is 0.272 e. The van der Waals surface area contributed by atoms with Crippen LogP contribution in [-0.4, -0.2) is 28.0 Å². The Labute approximate surface area is 289 Å². The molecule has 0 spiro atoms. The molecule has 4 aromatic carbocycles. The highest BCUT2D eigenvalue weighted by Gasteiger charge is 2.19. The highest BCUT2D eigenvalue weighted by atomic mass is 35.5. The Morgan fingerprint density at radius 1 is 0.848 bits per heavy atom. The minimum absolute atomic E-state index is 0.0123. The van der Waals surface area contributed by atoms with Crippen LogP contribution in [0.4, 0.5) is 10.8 Å². The normalized spacial score (nSPS) is 11.9. The molecule has 0 bridgehead atoms. The van der Waals surface area contributed by atoms with E-state index in [1.54, 1.807) is 85.8 Å². The molecular weight excluding hydrogens is 683 g/mol. The maximum absolute atomic E-state index is 13.4. The van der Waals surface area contributed by atoms with E-state index in [4.69, 9.17) is 34.8 Å². The van der Waals surface area contributed by atoms with Crippen molar-refractivity contribution in [2.75, 3.05) is 10.6 Å². The molecule has 0 fully saturated rings. The third-order valence-corrected chi connectivity index (χ3v) is 9.23. The molecule has 1 atom stereocenters. The molecule has 0 radical (unpaired) electrons. The number of anilines is 2. The van der Waals surface area contributed by atoms with Crippen LogP contribution in [0.5, 0.6) is 0 Å². The van der Waals surface area contributed by atoms with Gasteiger partial charge in [-0.05, 0) is 73.2 Å². The number of thiazole rings is 1. The number of halogens is 3. The molecule has 3 amide bonds. The first kappa shape index (κ1) is 33.2. The Bertz CT molecular complexity index is 1910. The van der Waals surface area contributed by atoms with E-state index < -0.39 is 17.1 Å². The first-order valence-electron chi connectivity index (χ1n) is 13.8. The van der Waals surface area contributed by atoms with Crippen LogP contribution < -0.4 is 16.0 Å². The van der Waals surface area contributed by atoms with Gasteiger partial charge < -0.3 is 16.0 Å². The number of nitrogens with zero attached hydrogens (tertiary/aromatic N) is 1. The van der Waals surface area contributed by atoms with E-state index in [-0.39, 0.29) is 11.6 Å². The van der Waals surface area contributed by atoms with Gasteiger partial charge in [0.15, 0.2) is 5.13 Å². The second-order valence-electron chi connectivity index (χ2n) is 9.79. The molecule has 3 N–H and O–H groups in total. The lowest BCUT2D eigenvalue weighted by molar-refractivity contribution is -0.115. The van der Waals surface area contributed by atoms with Crippen LogP contribution in [0.2, 0.25) is 15.1 Å². The molecule has 12 heteroatoms. The quantitative estimate of drug-likeness (QED) is 0.0993. The van der Waals surface area contributed by atoms with Crippen LogP contribution in [0.25, 0.3) is 17.3 Å². The van der Waals surface area contributed by atoms with E-state index in [0.29, 0.717) is 42.7 Å². The van der Waals surface area contributed by atoms with Gasteiger partial charge in [-0.2, -0.15) is 0 Å². The number of aromatic nitrogens is 1. The molecule has 0 saturated heterocycles. The number of thioether (sulfide) groups is 1. The van der Waals surface area contributed by atoms with Crippen LogP contribution in [0, 0.1) is 0 Å². The zero-order valence-electron chi connectivity index (χ0n) is 24.1. The molecular formula is C34H25Cl3N4O3S2. The summed E-state index contributed by atoms with van der Waals surface area (Å²) in [5.41, 5.74) is 2.86. The molecule has 5 aromatic rings. The van der Waals surface area contributed by atoms with Crippen LogP contribution in [0.1, 0.15) is 22.8 Å². The van der Waals surface area contributed by atoms with Gasteiger partial charge in [-0.15, -0.1) is 23.1 Å². The lowest BCUT2D eigenvalue weighted by Crippen LogP contribution is -2.30. The van der Waals surface area contributed by atoms with Crippen LogP contribution in [-0.2, 0) is 9.59 Å². The SMILES string of the molecule is CC(Sc1ccc(NC(=O)/C(=C/c2ccc(Cl)cc2Cl)NC(=O)c2ccccc2)cc1)C(=O)Nc1nc(-c2ccccc2Cl)cs1. The van der Waals surface area contributed by atoms with Crippen molar-refractivity contribution in [1.82, 2.24) is 10.3 Å². The van der Waals surface area contributed by atoms with E-state index in [9.17, 15) is 14.4 Å². The Kier molecular flexibility index (Phi) is 11.2. The predicted octanol–water partition coefficient (Wildman–Crippen LogP) is 9.30. The van der Waals surface area contributed by atoms with Gasteiger partial charge in [-0.25, -0.2) is 4.98 Å². The lowest BCUT2D eigenvalue weighted by Gasteiger charge is -2.13. The Morgan fingerprint density at radius 3 is 2.28 bits per heavy atom. The molecule has 1 unspecified atom stereocenters. The summed E-state index contributed by atoms with van der Waals surface area (Å²) < 4.78 is 0. The molecule has 46 heavy (non-hydrogen) atoms. The maximum Gasteiger partial charge on any atom is 0.272 e. The van der Waals surface area contributed by atoms with Crippen molar-refractivity contribution in [2.24, 2.45) is 0 Å². The minimum Gasteiger partial charge on any atom is -0.321 e. The van der Waals surface area contributed by atoms with E-state index in [0.717, 1.165) is 10.5 Å². The highest BCUT2D eigenvalue weighted by molar-refractivity contribution is 8.00.